The molecule has 158 valence electrons. The number of aryl methyl sites for hydroxylation is 1. The highest BCUT2D eigenvalue weighted by atomic mass is 16.2. The summed E-state index contributed by atoms with van der Waals surface area (Å²) in [5, 5.41) is 7.05. The fourth-order valence-electron chi connectivity index (χ4n) is 3.66. The Bertz CT molecular complexity index is 1120. The minimum absolute atomic E-state index is 0.125. The summed E-state index contributed by atoms with van der Waals surface area (Å²) in [6, 6.07) is 12.8. The molecule has 1 aliphatic heterocycles. The van der Waals surface area contributed by atoms with Crippen molar-refractivity contribution in [3.63, 3.8) is 0 Å². The maximum Gasteiger partial charge on any atom is 0.261 e. The smallest absolute Gasteiger partial charge is 0.261 e. The van der Waals surface area contributed by atoms with E-state index in [1.54, 1.807) is 23.1 Å². The van der Waals surface area contributed by atoms with Crippen LogP contribution in [-0.4, -0.2) is 43.9 Å². The van der Waals surface area contributed by atoms with Gasteiger partial charge < -0.3 is 5.32 Å². The molecule has 31 heavy (non-hydrogen) atoms. The fraction of sp³-hybridized carbons (Fsp3) is 0.261. The first-order chi connectivity index (χ1) is 14.9. The number of nitrogens with one attached hydrogen (secondary N) is 1. The summed E-state index contributed by atoms with van der Waals surface area (Å²) in [5.74, 6) is -0.702. The highest BCUT2D eigenvalue weighted by Gasteiger charge is 2.34. The van der Waals surface area contributed by atoms with Gasteiger partial charge in [0.05, 0.1) is 22.9 Å². The van der Waals surface area contributed by atoms with Crippen molar-refractivity contribution in [3.8, 4) is 5.69 Å². The molecular formula is C23H23N5O3. The number of benzene rings is 2. The number of fused-ring (bicyclic) bond motifs is 1. The van der Waals surface area contributed by atoms with Crippen LogP contribution in [0.5, 0.6) is 0 Å². The van der Waals surface area contributed by atoms with E-state index in [-0.39, 0.29) is 36.7 Å². The van der Waals surface area contributed by atoms with Gasteiger partial charge in [-0.1, -0.05) is 23.8 Å². The Morgan fingerprint density at radius 1 is 1.06 bits per heavy atom. The van der Waals surface area contributed by atoms with E-state index in [4.69, 9.17) is 0 Å². The SMILES string of the molecule is Cc1ccc2c(c1)C(=O)N(CCCC(=O)NC(C)c1ccc(-n3cncn3)cc1)C2=O. The Morgan fingerprint density at radius 2 is 1.81 bits per heavy atom. The van der Waals surface area contributed by atoms with Gasteiger partial charge in [0, 0.05) is 13.0 Å². The number of rotatable bonds is 7. The molecule has 3 aromatic rings. The van der Waals surface area contributed by atoms with E-state index >= 15 is 0 Å². The van der Waals surface area contributed by atoms with E-state index in [1.807, 2.05) is 44.2 Å². The number of hydrogen-bond donors (Lipinski definition) is 1. The molecule has 8 nitrogen and oxygen atoms in total. The normalized spacial score (nSPS) is 13.9. The van der Waals surface area contributed by atoms with Gasteiger partial charge in [-0.3, -0.25) is 19.3 Å². The van der Waals surface area contributed by atoms with Crippen molar-refractivity contribution in [2.45, 2.75) is 32.7 Å². The second kappa shape index (κ2) is 8.51. The lowest BCUT2D eigenvalue weighted by Crippen LogP contribution is -2.32. The van der Waals surface area contributed by atoms with Gasteiger partial charge in [-0.05, 0) is 50.1 Å². The molecule has 2 aromatic carbocycles. The molecule has 1 aliphatic rings. The molecular weight excluding hydrogens is 394 g/mol. The van der Waals surface area contributed by atoms with Crippen molar-refractivity contribution in [1.82, 2.24) is 25.0 Å². The second-order valence-electron chi connectivity index (χ2n) is 7.64. The Kier molecular flexibility index (Phi) is 5.62. The molecule has 1 unspecified atom stereocenters. The van der Waals surface area contributed by atoms with Gasteiger partial charge >= 0.3 is 0 Å². The van der Waals surface area contributed by atoms with Crippen LogP contribution >= 0.6 is 0 Å². The van der Waals surface area contributed by atoms with Crippen molar-refractivity contribution in [2.24, 2.45) is 0 Å². The number of hydrogen-bond acceptors (Lipinski definition) is 5. The van der Waals surface area contributed by atoms with Gasteiger partial charge in [0.25, 0.3) is 11.8 Å². The summed E-state index contributed by atoms with van der Waals surface area (Å²) >= 11 is 0. The molecule has 3 amide bonds. The average Bonchev–Trinajstić information content (AvgIpc) is 3.37. The van der Waals surface area contributed by atoms with Crippen LogP contribution < -0.4 is 5.32 Å². The van der Waals surface area contributed by atoms with E-state index in [9.17, 15) is 14.4 Å². The summed E-state index contributed by atoms with van der Waals surface area (Å²) < 4.78 is 1.66. The van der Waals surface area contributed by atoms with Crippen molar-refractivity contribution in [1.29, 1.82) is 0 Å². The molecule has 0 aliphatic carbocycles. The van der Waals surface area contributed by atoms with Crippen molar-refractivity contribution in [3.05, 3.63) is 77.4 Å². The van der Waals surface area contributed by atoms with Crippen LogP contribution in [0.15, 0.2) is 55.1 Å². The van der Waals surface area contributed by atoms with Crippen LogP contribution in [0.1, 0.15) is 57.7 Å². The molecule has 0 saturated carbocycles. The topological polar surface area (TPSA) is 97.2 Å². The lowest BCUT2D eigenvalue weighted by atomic mass is 10.1. The third-order valence-electron chi connectivity index (χ3n) is 5.37. The first-order valence-corrected chi connectivity index (χ1v) is 10.1. The maximum absolute atomic E-state index is 12.5. The molecule has 0 spiro atoms. The summed E-state index contributed by atoms with van der Waals surface area (Å²) in [7, 11) is 0. The van der Waals surface area contributed by atoms with Crippen LogP contribution in [0.25, 0.3) is 5.69 Å². The summed E-state index contributed by atoms with van der Waals surface area (Å²) in [4.78, 5) is 42.5. The van der Waals surface area contributed by atoms with E-state index in [0.29, 0.717) is 17.5 Å². The summed E-state index contributed by atoms with van der Waals surface area (Å²) in [6.07, 6.45) is 3.73. The summed E-state index contributed by atoms with van der Waals surface area (Å²) in [5.41, 5.74) is 3.66. The molecule has 2 heterocycles. The van der Waals surface area contributed by atoms with Crippen LogP contribution in [0.2, 0.25) is 0 Å². The van der Waals surface area contributed by atoms with Gasteiger partial charge in [0.1, 0.15) is 12.7 Å². The lowest BCUT2D eigenvalue weighted by Gasteiger charge is -2.16. The van der Waals surface area contributed by atoms with Crippen molar-refractivity contribution >= 4 is 17.7 Å². The minimum atomic E-state index is -0.291. The van der Waals surface area contributed by atoms with E-state index in [0.717, 1.165) is 16.8 Å². The zero-order chi connectivity index (χ0) is 22.0. The molecule has 1 atom stereocenters. The van der Waals surface area contributed by atoms with Crippen LogP contribution in [-0.2, 0) is 4.79 Å². The maximum atomic E-state index is 12.5. The number of aromatic nitrogens is 3. The Hall–Kier alpha value is -3.81. The molecule has 0 bridgehead atoms. The third kappa shape index (κ3) is 4.23. The second-order valence-corrected chi connectivity index (χ2v) is 7.64. The van der Waals surface area contributed by atoms with E-state index < -0.39 is 0 Å². The number of nitrogens with zero attached hydrogens (tertiary/aromatic N) is 4. The quantitative estimate of drug-likeness (QED) is 0.596. The van der Waals surface area contributed by atoms with Gasteiger partial charge in [0.2, 0.25) is 5.91 Å². The zero-order valence-electron chi connectivity index (χ0n) is 17.4. The highest BCUT2D eigenvalue weighted by Crippen LogP contribution is 2.24. The van der Waals surface area contributed by atoms with Crippen LogP contribution in [0.4, 0.5) is 0 Å². The predicted molar refractivity (Wildman–Crippen MR) is 114 cm³/mol. The standard InChI is InChI=1S/C23H23N5O3/c1-15-5-10-19-20(12-15)23(31)27(22(19)30)11-3-4-21(29)26-16(2)17-6-8-18(9-7-17)28-14-24-13-25-28/h5-10,12-14,16H,3-4,11H2,1-2H3,(H,26,29). The molecule has 0 radical (unpaired) electrons. The van der Waals surface area contributed by atoms with Gasteiger partial charge in [-0.25, -0.2) is 9.67 Å². The zero-order valence-corrected chi connectivity index (χ0v) is 17.4. The van der Waals surface area contributed by atoms with Crippen LogP contribution in [0, 0.1) is 6.92 Å². The Balaban J connectivity index is 1.28. The number of carbonyl (C=O) groups is 3. The molecule has 1 aromatic heterocycles. The first kappa shape index (κ1) is 20.5. The van der Waals surface area contributed by atoms with Crippen molar-refractivity contribution < 1.29 is 14.4 Å². The molecule has 8 heteroatoms. The third-order valence-corrected chi connectivity index (χ3v) is 5.37. The largest absolute Gasteiger partial charge is 0.350 e. The average molecular weight is 417 g/mol. The van der Waals surface area contributed by atoms with Gasteiger partial charge in [-0.15, -0.1) is 0 Å². The van der Waals surface area contributed by atoms with E-state index in [1.165, 1.54) is 11.2 Å². The Labute approximate surface area is 179 Å². The van der Waals surface area contributed by atoms with Crippen molar-refractivity contribution in [2.75, 3.05) is 6.54 Å². The number of imide groups is 1. The first-order valence-electron chi connectivity index (χ1n) is 10.1. The highest BCUT2D eigenvalue weighted by molar-refractivity contribution is 6.21. The number of amides is 3. The Morgan fingerprint density at radius 3 is 2.52 bits per heavy atom. The van der Waals surface area contributed by atoms with E-state index in [2.05, 4.69) is 15.4 Å². The lowest BCUT2D eigenvalue weighted by molar-refractivity contribution is -0.121. The van der Waals surface area contributed by atoms with Gasteiger partial charge in [0.15, 0.2) is 0 Å². The number of carbonyl (C=O) groups excluding carboxylic acids is 3. The minimum Gasteiger partial charge on any atom is -0.350 e. The predicted octanol–water partition coefficient (Wildman–Crippen LogP) is 2.83. The van der Waals surface area contributed by atoms with Gasteiger partial charge in [-0.2, -0.15) is 5.10 Å². The summed E-state index contributed by atoms with van der Waals surface area (Å²) in [6.45, 7) is 4.02. The van der Waals surface area contributed by atoms with Crippen LogP contribution in [0.3, 0.4) is 0 Å². The fourth-order valence-corrected chi connectivity index (χ4v) is 3.66. The monoisotopic (exact) mass is 417 g/mol. The molecule has 1 N–H and O–H groups in total. The molecule has 4 rings (SSSR count). The molecule has 0 fully saturated rings. The molecule has 0 saturated heterocycles.